The smallest absolute Gasteiger partial charge is 0.379 e. The second-order valence-electron chi connectivity index (χ2n) is 7.20. The molecule has 0 radical (unpaired) electrons. The molecule has 25 heavy (non-hydrogen) atoms. The van der Waals surface area contributed by atoms with Gasteiger partial charge >= 0.3 is 6.18 Å². The monoisotopic (exact) mass is 356 g/mol. The summed E-state index contributed by atoms with van der Waals surface area (Å²) in [5.41, 5.74) is 0.190. The van der Waals surface area contributed by atoms with Gasteiger partial charge in [-0.25, -0.2) is 0 Å². The van der Waals surface area contributed by atoms with E-state index in [-0.39, 0.29) is 0 Å². The topological polar surface area (TPSA) is 15.7 Å². The van der Waals surface area contributed by atoms with Crippen LogP contribution in [0.1, 0.15) is 30.9 Å². The zero-order chi connectivity index (χ0) is 17.9. The molecule has 0 aliphatic carbocycles. The van der Waals surface area contributed by atoms with E-state index in [4.69, 9.17) is 4.74 Å². The van der Waals surface area contributed by atoms with Crippen molar-refractivity contribution in [2.24, 2.45) is 5.92 Å². The maximum absolute atomic E-state index is 12.8. The molecule has 6 heteroatoms. The van der Waals surface area contributed by atoms with E-state index in [9.17, 15) is 13.2 Å². The van der Waals surface area contributed by atoms with Crippen LogP contribution < -0.4 is 0 Å². The highest BCUT2D eigenvalue weighted by Gasteiger charge is 2.31. The summed E-state index contributed by atoms with van der Waals surface area (Å²) in [5, 5.41) is 0. The number of piperidine rings is 1. The minimum absolute atomic E-state index is 0.555. The molecule has 2 aliphatic rings. The number of rotatable bonds is 4. The van der Waals surface area contributed by atoms with E-state index < -0.39 is 11.7 Å². The Kier molecular flexibility index (Phi) is 6.02. The van der Waals surface area contributed by atoms with Crippen LogP contribution in [0, 0.1) is 5.92 Å². The van der Waals surface area contributed by atoms with E-state index in [1.807, 2.05) is 0 Å². The Hall–Kier alpha value is -1.11. The van der Waals surface area contributed by atoms with Crippen molar-refractivity contribution in [1.82, 2.24) is 9.80 Å². The molecule has 0 N–H and O–H groups in total. The van der Waals surface area contributed by atoms with Gasteiger partial charge in [-0.3, -0.25) is 9.80 Å². The van der Waals surface area contributed by atoms with Gasteiger partial charge in [0.25, 0.3) is 0 Å². The summed E-state index contributed by atoms with van der Waals surface area (Å²) in [7, 11) is 0. The fourth-order valence-electron chi connectivity index (χ4n) is 3.98. The lowest BCUT2D eigenvalue weighted by molar-refractivity contribution is -0.137. The third kappa shape index (κ3) is 4.96. The van der Waals surface area contributed by atoms with Gasteiger partial charge in [0.15, 0.2) is 0 Å². The SMILES string of the molecule is CC(C1CCN(Cc2cccc(C(F)(F)F)c2)CC1)N1CCOCC1. The van der Waals surface area contributed by atoms with Gasteiger partial charge in [0.05, 0.1) is 18.8 Å². The predicted molar refractivity (Wildman–Crippen MR) is 91.3 cm³/mol. The summed E-state index contributed by atoms with van der Waals surface area (Å²) in [6.45, 7) is 8.46. The number of morpholine rings is 1. The molecule has 1 aromatic rings. The van der Waals surface area contributed by atoms with E-state index >= 15 is 0 Å². The molecular formula is C19H27F3N2O. The van der Waals surface area contributed by atoms with Crippen LogP contribution >= 0.6 is 0 Å². The Morgan fingerprint density at radius 1 is 1.12 bits per heavy atom. The number of benzene rings is 1. The van der Waals surface area contributed by atoms with Crippen molar-refractivity contribution in [2.75, 3.05) is 39.4 Å². The predicted octanol–water partition coefficient (Wildman–Crippen LogP) is 3.64. The summed E-state index contributed by atoms with van der Waals surface area (Å²) in [6, 6.07) is 6.27. The minimum atomic E-state index is -4.27. The van der Waals surface area contributed by atoms with Gasteiger partial charge in [0.1, 0.15) is 0 Å². The van der Waals surface area contributed by atoms with Crippen molar-refractivity contribution >= 4 is 0 Å². The van der Waals surface area contributed by atoms with E-state index in [0.29, 0.717) is 18.5 Å². The zero-order valence-corrected chi connectivity index (χ0v) is 14.8. The van der Waals surface area contributed by atoms with Crippen molar-refractivity contribution in [2.45, 2.75) is 38.5 Å². The maximum atomic E-state index is 12.8. The molecule has 140 valence electrons. The molecule has 1 unspecified atom stereocenters. The molecule has 2 aliphatic heterocycles. The fourth-order valence-corrected chi connectivity index (χ4v) is 3.98. The Morgan fingerprint density at radius 2 is 1.80 bits per heavy atom. The molecule has 2 saturated heterocycles. The Bertz CT molecular complexity index is 550. The lowest BCUT2D eigenvalue weighted by Gasteiger charge is -2.41. The number of halogens is 3. The van der Waals surface area contributed by atoms with E-state index in [0.717, 1.165) is 63.9 Å². The van der Waals surface area contributed by atoms with Crippen LogP contribution in [0.4, 0.5) is 13.2 Å². The second kappa shape index (κ2) is 8.06. The lowest BCUT2D eigenvalue weighted by Crippen LogP contribution is -2.48. The van der Waals surface area contributed by atoms with Gasteiger partial charge in [-0.05, 0) is 50.4 Å². The normalized spacial score (nSPS) is 22.9. The highest BCUT2D eigenvalue weighted by atomic mass is 19.4. The Balaban J connectivity index is 1.51. The molecule has 1 atom stereocenters. The van der Waals surface area contributed by atoms with E-state index in [1.165, 1.54) is 12.1 Å². The molecule has 0 aromatic heterocycles. The zero-order valence-electron chi connectivity index (χ0n) is 14.8. The van der Waals surface area contributed by atoms with Crippen molar-refractivity contribution in [3.8, 4) is 0 Å². The molecule has 2 heterocycles. The number of ether oxygens (including phenoxy) is 1. The lowest BCUT2D eigenvalue weighted by atomic mass is 9.89. The summed E-state index contributed by atoms with van der Waals surface area (Å²) in [4.78, 5) is 4.79. The number of nitrogens with zero attached hydrogens (tertiary/aromatic N) is 2. The first-order valence-corrected chi connectivity index (χ1v) is 9.14. The standard InChI is InChI=1S/C19H27F3N2O/c1-15(24-9-11-25-12-10-24)17-5-7-23(8-6-17)14-16-3-2-4-18(13-16)19(20,21)22/h2-4,13,15,17H,5-12,14H2,1H3. The first-order valence-electron chi connectivity index (χ1n) is 9.14. The molecule has 3 nitrogen and oxygen atoms in total. The average Bonchev–Trinajstić information content (AvgIpc) is 2.62. The number of alkyl halides is 3. The van der Waals surface area contributed by atoms with Gasteiger partial charge in [-0.15, -0.1) is 0 Å². The molecule has 1 aromatic carbocycles. The average molecular weight is 356 g/mol. The van der Waals surface area contributed by atoms with Gasteiger partial charge in [-0.2, -0.15) is 13.2 Å². The fraction of sp³-hybridized carbons (Fsp3) is 0.684. The molecule has 3 rings (SSSR count). The maximum Gasteiger partial charge on any atom is 0.416 e. The van der Waals surface area contributed by atoms with Gasteiger partial charge < -0.3 is 4.74 Å². The number of hydrogen-bond donors (Lipinski definition) is 0. The van der Waals surface area contributed by atoms with E-state index in [2.05, 4.69) is 16.7 Å². The first-order chi connectivity index (χ1) is 11.9. The number of likely N-dealkylation sites (tertiary alicyclic amines) is 1. The van der Waals surface area contributed by atoms with E-state index in [1.54, 1.807) is 6.07 Å². The highest BCUT2D eigenvalue weighted by Crippen LogP contribution is 2.30. The molecule has 0 bridgehead atoms. The van der Waals surface area contributed by atoms with Crippen LogP contribution in [-0.4, -0.2) is 55.2 Å². The molecule has 0 saturated carbocycles. The van der Waals surface area contributed by atoms with Gasteiger partial charge in [0.2, 0.25) is 0 Å². The van der Waals surface area contributed by atoms with Crippen molar-refractivity contribution in [3.63, 3.8) is 0 Å². The molecule has 2 fully saturated rings. The van der Waals surface area contributed by atoms with Crippen LogP contribution in [0.25, 0.3) is 0 Å². The second-order valence-corrected chi connectivity index (χ2v) is 7.20. The molecular weight excluding hydrogens is 329 g/mol. The summed E-state index contributed by atoms with van der Waals surface area (Å²) >= 11 is 0. The van der Waals surface area contributed by atoms with Crippen molar-refractivity contribution in [3.05, 3.63) is 35.4 Å². The van der Waals surface area contributed by atoms with Crippen LogP contribution in [0.5, 0.6) is 0 Å². The summed E-state index contributed by atoms with van der Waals surface area (Å²) in [5.74, 6) is 0.663. The summed E-state index contributed by atoms with van der Waals surface area (Å²) < 4.78 is 43.9. The Labute approximate surface area is 147 Å². The third-order valence-electron chi connectivity index (χ3n) is 5.60. The van der Waals surface area contributed by atoms with Crippen LogP contribution in [0.3, 0.4) is 0 Å². The van der Waals surface area contributed by atoms with Crippen LogP contribution in [0.2, 0.25) is 0 Å². The molecule has 0 amide bonds. The third-order valence-corrected chi connectivity index (χ3v) is 5.60. The number of hydrogen-bond acceptors (Lipinski definition) is 3. The molecule has 0 spiro atoms. The van der Waals surface area contributed by atoms with Crippen molar-refractivity contribution in [1.29, 1.82) is 0 Å². The summed E-state index contributed by atoms with van der Waals surface area (Å²) in [6.07, 6.45) is -2.05. The highest BCUT2D eigenvalue weighted by molar-refractivity contribution is 5.25. The van der Waals surface area contributed by atoms with Crippen molar-refractivity contribution < 1.29 is 17.9 Å². The van der Waals surface area contributed by atoms with Crippen LogP contribution in [-0.2, 0) is 17.5 Å². The Morgan fingerprint density at radius 3 is 2.44 bits per heavy atom. The first kappa shape index (κ1) is 18.7. The minimum Gasteiger partial charge on any atom is -0.379 e. The van der Waals surface area contributed by atoms with Gasteiger partial charge in [-0.1, -0.05) is 18.2 Å². The quantitative estimate of drug-likeness (QED) is 0.819. The van der Waals surface area contributed by atoms with Gasteiger partial charge in [0, 0.05) is 25.7 Å². The largest absolute Gasteiger partial charge is 0.416 e. The van der Waals surface area contributed by atoms with Crippen LogP contribution in [0.15, 0.2) is 24.3 Å².